The number of nitrogens with one attached hydrogen (secondary N) is 1. The van der Waals surface area contributed by atoms with Gasteiger partial charge in [0, 0.05) is 18.7 Å². The van der Waals surface area contributed by atoms with Crippen molar-refractivity contribution in [3.05, 3.63) is 59.1 Å². The normalized spacial score (nSPS) is 12.6. The van der Waals surface area contributed by atoms with E-state index < -0.39 is 17.7 Å². The summed E-state index contributed by atoms with van der Waals surface area (Å²) in [5.41, 5.74) is 0.364. The van der Waals surface area contributed by atoms with Crippen LogP contribution in [-0.4, -0.2) is 13.7 Å². The highest BCUT2D eigenvalue weighted by molar-refractivity contribution is 5.29. The third kappa shape index (κ3) is 3.89. The quantitative estimate of drug-likeness (QED) is 0.844. The van der Waals surface area contributed by atoms with Gasteiger partial charge in [-0.05, 0) is 31.2 Å². The summed E-state index contributed by atoms with van der Waals surface area (Å²) < 4.78 is 37.8. The first-order chi connectivity index (χ1) is 10.2. The van der Waals surface area contributed by atoms with E-state index in [1.54, 1.807) is 19.2 Å². The summed E-state index contributed by atoms with van der Waals surface area (Å²) in [5, 5.41) is 3.22. The first-order valence-corrected chi connectivity index (χ1v) is 6.91. The summed E-state index contributed by atoms with van der Waals surface area (Å²) in [6.45, 7) is 3.07. The van der Waals surface area contributed by atoms with Gasteiger partial charge < -0.3 is 14.5 Å². The molecule has 1 unspecified atom stereocenters. The molecule has 1 atom stereocenters. The van der Waals surface area contributed by atoms with Gasteiger partial charge in [0.25, 0.3) is 0 Å². The van der Waals surface area contributed by atoms with Crippen molar-refractivity contribution in [3.63, 3.8) is 0 Å². The van der Waals surface area contributed by atoms with E-state index >= 15 is 0 Å². The molecule has 2 aromatic rings. The Morgan fingerprint density at radius 3 is 2.71 bits per heavy atom. The molecule has 0 aliphatic heterocycles. The van der Waals surface area contributed by atoms with Crippen molar-refractivity contribution < 1.29 is 17.9 Å². The van der Waals surface area contributed by atoms with Gasteiger partial charge in [0.15, 0.2) is 0 Å². The summed E-state index contributed by atoms with van der Waals surface area (Å²) >= 11 is 0. The second kappa shape index (κ2) is 7.33. The molecule has 1 aromatic heterocycles. The minimum absolute atomic E-state index is 0.354. The number of benzene rings is 1. The zero-order chi connectivity index (χ0) is 15.2. The molecule has 1 N–H and O–H groups in total. The first-order valence-electron chi connectivity index (χ1n) is 6.91. The van der Waals surface area contributed by atoms with Crippen molar-refractivity contribution in [1.82, 2.24) is 5.32 Å². The topological polar surface area (TPSA) is 34.4 Å². The van der Waals surface area contributed by atoms with E-state index in [4.69, 9.17) is 9.15 Å². The van der Waals surface area contributed by atoms with Crippen molar-refractivity contribution in [3.8, 4) is 0 Å². The molecule has 5 heteroatoms. The fourth-order valence-corrected chi connectivity index (χ4v) is 2.16. The van der Waals surface area contributed by atoms with Crippen LogP contribution in [0.25, 0.3) is 0 Å². The maximum atomic E-state index is 14.0. The highest BCUT2D eigenvalue weighted by Crippen LogP contribution is 2.27. The molecule has 0 amide bonds. The highest BCUT2D eigenvalue weighted by Gasteiger charge is 2.21. The predicted octanol–water partition coefficient (Wildman–Crippen LogP) is 3.79. The van der Waals surface area contributed by atoms with Crippen LogP contribution in [0.15, 0.2) is 34.7 Å². The maximum Gasteiger partial charge on any atom is 0.131 e. The van der Waals surface area contributed by atoms with E-state index in [1.807, 2.05) is 6.92 Å². The molecule has 1 aromatic carbocycles. The standard InChI is InChI=1S/C16H19F2NO2/c1-3-8-19-16(13-6-4-11(17)9-14(13)18)15-7-5-12(21-15)10-20-2/h4-7,9,16,19H,3,8,10H2,1-2H3. The Labute approximate surface area is 122 Å². The smallest absolute Gasteiger partial charge is 0.131 e. The molecule has 0 bridgehead atoms. The lowest BCUT2D eigenvalue weighted by atomic mass is 10.0. The Kier molecular flexibility index (Phi) is 5.47. The van der Waals surface area contributed by atoms with Gasteiger partial charge in [0.2, 0.25) is 0 Å². The average molecular weight is 295 g/mol. The number of rotatable bonds is 7. The predicted molar refractivity (Wildman–Crippen MR) is 75.9 cm³/mol. The SMILES string of the molecule is CCCNC(c1ccc(COC)o1)c1ccc(F)cc1F. The summed E-state index contributed by atoms with van der Waals surface area (Å²) in [7, 11) is 1.58. The highest BCUT2D eigenvalue weighted by atomic mass is 19.1. The van der Waals surface area contributed by atoms with Crippen LogP contribution in [0.4, 0.5) is 8.78 Å². The molecule has 2 rings (SSSR count). The molecule has 0 saturated heterocycles. The van der Waals surface area contributed by atoms with E-state index in [0.29, 0.717) is 30.2 Å². The molecular weight excluding hydrogens is 276 g/mol. The van der Waals surface area contributed by atoms with Crippen molar-refractivity contribution in [2.75, 3.05) is 13.7 Å². The molecule has 0 spiro atoms. The Morgan fingerprint density at radius 1 is 1.24 bits per heavy atom. The lowest BCUT2D eigenvalue weighted by Gasteiger charge is -2.17. The Morgan fingerprint density at radius 2 is 2.05 bits per heavy atom. The number of furan rings is 1. The van der Waals surface area contributed by atoms with Gasteiger partial charge in [-0.2, -0.15) is 0 Å². The van der Waals surface area contributed by atoms with Gasteiger partial charge in [0.1, 0.15) is 29.8 Å². The van der Waals surface area contributed by atoms with Gasteiger partial charge in [-0.25, -0.2) is 8.78 Å². The summed E-state index contributed by atoms with van der Waals surface area (Å²) in [4.78, 5) is 0. The Bertz CT molecular complexity index is 583. The van der Waals surface area contributed by atoms with Crippen LogP contribution in [0, 0.1) is 11.6 Å². The fraction of sp³-hybridized carbons (Fsp3) is 0.375. The van der Waals surface area contributed by atoms with Gasteiger partial charge in [-0.3, -0.25) is 0 Å². The number of hydrogen-bond donors (Lipinski definition) is 1. The minimum Gasteiger partial charge on any atom is -0.462 e. The second-order valence-corrected chi connectivity index (χ2v) is 4.79. The Balaban J connectivity index is 2.32. The van der Waals surface area contributed by atoms with E-state index in [0.717, 1.165) is 12.5 Å². The van der Waals surface area contributed by atoms with Gasteiger partial charge in [-0.1, -0.05) is 13.0 Å². The zero-order valence-electron chi connectivity index (χ0n) is 12.2. The number of methoxy groups -OCH3 is 1. The molecule has 0 saturated carbocycles. The number of ether oxygens (including phenoxy) is 1. The summed E-state index contributed by atoms with van der Waals surface area (Å²) in [6.07, 6.45) is 0.894. The molecule has 21 heavy (non-hydrogen) atoms. The van der Waals surface area contributed by atoms with E-state index in [9.17, 15) is 8.78 Å². The van der Waals surface area contributed by atoms with Crippen molar-refractivity contribution in [1.29, 1.82) is 0 Å². The minimum atomic E-state index is -0.593. The zero-order valence-corrected chi connectivity index (χ0v) is 12.2. The van der Waals surface area contributed by atoms with Crippen LogP contribution in [0.1, 0.15) is 36.5 Å². The first kappa shape index (κ1) is 15.7. The van der Waals surface area contributed by atoms with Gasteiger partial charge in [-0.15, -0.1) is 0 Å². The van der Waals surface area contributed by atoms with Crippen LogP contribution >= 0.6 is 0 Å². The van der Waals surface area contributed by atoms with E-state index in [2.05, 4.69) is 5.32 Å². The van der Waals surface area contributed by atoms with Crippen LogP contribution in [0.2, 0.25) is 0 Å². The summed E-state index contributed by atoms with van der Waals surface area (Å²) in [5.74, 6) is 0.0672. The molecule has 0 aliphatic carbocycles. The summed E-state index contributed by atoms with van der Waals surface area (Å²) in [6, 6.07) is 6.70. The molecule has 114 valence electrons. The van der Waals surface area contributed by atoms with Crippen LogP contribution in [0.5, 0.6) is 0 Å². The van der Waals surface area contributed by atoms with E-state index in [-0.39, 0.29) is 0 Å². The molecular formula is C16H19F2NO2. The number of halogens is 2. The van der Waals surface area contributed by atoms with Crippen molar-refractivity contribution >= 4 is 0 Å². The van der Waals surface area contributed by atoms with Crippen LogP contribution in [0.3, 0.4) is 0 Å². The third-order valence-corrected chi connectivity index (χ3v) is 3.13. The second-order valence-electron chi connectivity index (χ2n) is 4.79. The maximum absolute atomic E-state index is 14.0. The van der Waals surface area contributed by atoms with Crippen molar-refractivity contribution in [2.24, 2.45) is 0 Å². The monoisotopic (exact) mass is 295 g/mol. The molecule has 0 fully saturated rings. The molecule has 3 nitrogen and oxygen atoms in total. The Hall–Kier alpha value is -1.72. The largest absolute Gasteiger partial charge is 0.462 e. The average Bonchev–Trinajstić information content (AvgIpc) is 2.90. The molecule has 0 radical (unpaired) electrons. The lowest BCUT2D eigenvalue weighted by molar-refractivity contribution is 0.162. The third-order valence-electron chi connectivity index (χ3n) is 3.13. The number of hydrogen-bond acceptors (Lipinski definition) is 3. The van der Waals surface area contributed by atoms with E-state index in [1.165, 1.54) is 12.1 Å². The van der Waals surface area contributed by atoms with Gasteiger partial charge in [0.05, 0.1) is 6.04 Å². The van der Waals surface area contributed by atoms with Crippen molar-refractivity contribution in [2.45, 2.75) is 26.0 Å². The van der Waals surface area contributed by atoms with Crippen LogP contribution < -0.4 is 5.32 Å². The fourth-order valence-electron chi connectivity index (χ4n) is 2.16. The van der Waals surface area contributed by atoms with Gasteiger partial charge >= 0.3 is 0 Å². The lowest BCUT2D eigenvalue weighted by Crippen LogP contribution is -2.23. The molecule has 0 aliphatic rings. The molecule has 1 heterocycles. The van der Waals surface area contributed by atoms with Crippen LogP contribution in [-0.2, 0) is 11.3 Å².